The summed E-state index contributed by atoms with van der Waals surface area (Å²) in [5, 5.41) is 0. The standard InChI is InChI=1S/C5H8O.CH3.Pa/c6-5-3-1-2-4-5;;/h1-4H2;1H3;/q;-1;. The number of carbonyl (C=O) groups excluding carboxylic acids is 1. The predicted molar refractivity (Wildman–Crippen MR) is 29.9 cm³/mol. The number of ketones is 1. The van der Waals surface area contributed by atoms with E-state index in [0.717, 1.165) is 25.7 Å². The minimum Gasteiger partial charge on any atom is -0.358 e. The minimum atomic E-state index is 0. The third kappa shape index (κ3) is 3.73. The summed E-state index contributed by atoms with van der Waals surface area (Å²) < 4.78 is 0. The second-order valence-corrected chi connectivity index (χ2v) is 1.75. The van der Waals surface area contributed by atoms with Crippen LogP contribution in [0.15, 0.2) is 0 Å². The van der Waals surface area contributed by atoms with E-state index in [1.165, 1.54) is 0 Å². The van der Waals surface area contributed by atoms with Crippen molar-refractivity contribution in [2.45, 2.75) is 25.7 Å². The molecule has 0 heterocycles. The summed E-state index contributed by atoms with van der Waals surface area (Å²) in [5.41, 5.74) is 0. The van der Waals surface area contributed by atoms with Gasteiger partial charge in [-0.1, -0.05) is 0 Å². The van der Waals surface area contributed by atoms with Crippen LogP contribution in [0.3, 0.4) is 0 Å². The smallest absolute Gasteiger partial charge is 0.132 e. The van der Waals surface area contributed by atoms with E-state index in [1.54, 1.807) is 0 Å². The van der Waals surface area contributed by atoms with Gasteiger partial charge in [-0.2, -0.15) is 0 Å². The third-order valence-corrected chi connectivity index (χ3v) is 1.16. The maximum absolute atomic E-state index is 10.2. The summed E-state index contributed by atoms with van der Waals surface area (Å²) in [6.45, 7) is 0. The number of hydrogen-bond donors (Lipinski definition) is 0. The molecule has 0 atom stereocenters. The molecule has 0 amide bonds. The molecule has 1 aliphatic carbocycles. The number of rotatable bonds is 0. The van der Waals surface area contributed by atoms with Crippen molar-refractivity contribution in [3.8, 4) is 0 Å². The predicted octanol–water partition coefficient (Wildman–Crippen LogP) is 1.58. The Kier molecular flexibility index (Phi) is 8.50. The molecule has 1 rings (SSSR count). The molecule has 1 saturated carbocycles. The molecule has 0 bridgehead atoms. The molecule has 1 aliphatic rings. The molecule has 0 aromatic heterocycles. The Hall–Kier alpha value is 0.761. The zero-order valence-electron chi connectivity index (χ0n) is 5.31. The van der Waals surface area contributed by atoms with Gasteiger partial charge >= 0.3 is 0 Å². The van der Waals surface area contributed by atoms with Crippen LogP contribution >= 0.6 is 0 Å². The van der Waals surface area contributed by atoms with E-state index in [-0.39, 0.29) is 39.7 Å². The van der Waals surface area contributed by atoms with Gasteiger partial charge in [0.25, 0.3) is 0 Å². The first-order chi connectivity index (χ1) is 2.89. The van der Waals surface area contributed by atoms with Gasteiger partial charge in [-0.15, -0.1) is 0 Å². The van der Waals surface area contributed by atoms with Crippen molar-refractivity contribution in [3.63, 3.8) is 0 Å². The maximum Gasteiger partial charge on any atom is 0.132 e. The zero-order valence-corrected chi connectivity index (χ0v) is 10.1. The van der Waals surface area contributed by atoms with E-state index in [9.17, 15) is 4.79 Å². The first-order valence-corrected chi connectivity index (χ1v) is 2.41. The molecule has 2 heteroatoms. The fourth-order valence-electron chi connectivity index (χ4n) is 0.769. The molecule has 0 N–H and O–H groups in total. The maximum atomic E-state index is 10.2. The molecule has 1 radical (unpaired) electrons. The van der Waals surface area contributed by atoms with Crippen LogP contribution in [0.5, 0.6) is 0 Å². The Morgan fingerprint density at radius 3 is 1.62 bits per heavy atom. The van der Waals surface area contributed by atoms with Crippen molar-refractivity contribution in [1.82, 2.24) is 0 Å². The summed E-state index contributed by atoms with van der Waals surface area (Å²) in [5.74, 6) is 0.454. The van der Waals surface area contributed by atoms with Crippen LogP contribution in [-0.4, -0.2) is 5.78 Å². The molecule has 45 valence electrons. The first-order valence-electron chi connectivity index (χ1n) is 2.41. The van der Waals surface area contributed by atoms with Gasteiger partial charge in [-0.3, -0.25) is 4.79 Å². The van der Waals surface area contributed by atoms with Crippen molar-refractivity contribution < 1.29 is 37.1 Å². The van der Waals surface area contributed by atoms with Crippen molar-refractivity contribution in [2.75, 3.05) is 0 Å². The van der Waals surface area contributed by atoms with Gasteiger partial charge in [0.1, 0.15) is 5.78 Å². The minimum absolute atomic E-state index is 0. The van der Waals surface area contributed by atoms with E-state index in [0.29, 0.717) is 5.78 Å². The summed E-state index contributed by atoms with van der Waals surface area (Å²) in [6.07, 6.45) is 3.97. The van der Waals surface area contributed by atoms with Gasteiger partial charge in [0, 0.05) is 45.1 Å². The van der Waals surface area contributed by atoms with Crippen LogP contribution in [0.4, 0.5) is 0 Å². The fourth-order valence-corrected chi connectivity index (χ4v) is 0.769. The summed E-state index contributed by atoms with van der Waals surface area (Å²) in [4.78, 5) is 10.2. The Balaban J connectivity index is 0. The van der Waals surface area contributed by atoms with E-state index in [2.05, 4.69) is 0 Å². The summed E-state index contributed by atoms with van der Waals surface area (Å²) in [6, 6.07) is 0. The first kappa shape index (κ1) is 11.5. The monoisotopic (exact) mass is 330 g/mol. The molecule has 8 heavy (non-hydrogen) atoms. The van der Waals surface area contributed by atoms with Gasteiger partial charge in [0.05, 0.1) is 0 Å². The van der Waals surface area contributed by atoms with Crippen LogP contribution in [-0.2, 0) is 4.79 Å². The zero-order chi connectivity index (χ0) is 4.41. The van der Waals surface area contributed by atoms with Gasteiger partial charge in [-0.25, -0.2) is 0 Å². The van der Waals surface area contributed by atoms with E-state index in [4.69, 9.17) is 0 Å². The molecular formula is C6H11OPa-. The van der Waals surface area contributed by atoms with Crippen molar-refractivity contribution in [1.29, 1.82) is 0 Å². The molecule has 0 saturated heterocycles. The Morgan fingerprint density at radius 1 is 1.12 bits per heavy atom. The number of hydrogen-bond acceptors (Lipinski definition) is 1. The topological polar surface area (TPSA) is 17.1 Å². The number of carbonyl (C=O) groups is 1. The van der Waals surface area contributed by atoms with Gasteiger partial charge < -0.3 is 7.43 Å². The van der Waals surface area contributed by atoms with E-state index < -0.39 is 0 Å². The molecule has 0 aliphatic heterocycles. The molecular weight excluding hydrogens is 319 g/mol. The average Bonchev–Trinajstić information content (AvgIpc) is 1.86. The molecule has 0 aromatic carbocycles. The largest absolute Gasteiger partial charge is 0.358 e. The molecule has 0 unspecified atom stereocenters. The van der Waals surface area contributed by atoms with Crippen LogP contribution < -0.4 is 0 Å². The van der Waals surface area contributed by atoms with Gasteiger partial charge in [0.15, 0.2) is 0 Å². The Labute approximate surface area is 75.7 Å². The van der Waals surface area contributed by atoms with Gasteiger partial charge in [0.2, 0.25) is 0 Å². The quantitative estimate of drug-likeness (QED) is 0.617. The normalized spacial score (nSPS) is 16.8. The van der Waals surface area contributed by atoms with E-state index >= 15 is 0 Å². The summed E-state index contributed by atoms with van der Waals surface area (Å²) in [7, 11) is 0. The number of Topliss-reactive ketones (excluding diaryl/α,β-unsaturated/α-hetero) is 1. The second kappa shape index (κ2) is 5.89. The molecule has 0 spiro atoms. The van der Waals surface area contributed by atoms with Crippen LogP contribution in [0.25, 0.3) is 0 Å². The Morgan fingerprint density at radius 2 is 1.50 bits per heavy atom. The fraction of sp³-hybridized carbons (Fsp3) is 0.667. The molecule has 0 aromatic rings. The van der Waals surface area contributed by atoms with Crippen molar-refractivity contribution in [2.24, 2.45) is 0 Å². The van der Waals surface area contributed by atoms with E-state index in [1.807, 2.05) is 0 Å². The molecule has 1 nitrogen and oxygen atoms in total. The summed E-state index contributed by atoms with van der Waals surface area (Å²) >= 11 is 0. The van der Waals surface area contributed by atoms with Gasteiger partial charge in [-0.05, 0) is 12.8 Å². The second-order valence-electron chi connectivity index (χ2n) is 1.75. The van der Waals surface area contributed by atoms with Crippen molar-refractivity contribution in [3.05, 3.63) is 7.43 Å². The Bertz CT molecular complexity index is 62.9. The molecule has 1 fully saturated rings. The van der Waals surface area contributed by atoms with Crippen LogP contribution in [0, 0.1) is 39.7 Å². The average molecular weight is 330 g/mol. The van der Waals surface area contributed by atoms with Crippen LogP contribution in [0.2, 0.25) is 0 Å². The van der Waals surface area contributed by atoms with Crippen LogP contribution in [0.1, 0.15) is 25.7 Å². The SMILES string of the molecule is O=C1CCCC1.[CH3-].[Pa]. The third-order valence-electron chi connectivity index (χ3n) is 1.16. The van der Waals surface area contributed by atoms with Crippen molar-refractivity contribution >= 4 is 5.78 Å².